The largest absolute Gasteiger partial charge is 0.420 e. The van der Waals surface area contributed by atoms with Crippen LogP contribution in [-0.2, 0) is 11.6 Å². The van der Waals surface area contributed by atoms with Gasteiger partial charge in [-0.25, -0.2) is 0 Å². The van der Waals surface area contributed by atoms with Crippen molar-refractivity contribution in [3.8, 4) is 11.9 Å². The van der Waals surface area contributed by atoms with E-state index in [0.29, 0.717) is 11.3 Å². The van der Waals surface area contributed by atoms with Crippen LogP contribution < -0.4 is 10.5 Å². The molecule has 1 aliphatic rings. The van der Waals surface area contributed by atoms with Gasteiger partial charge >= 0.3 is 6.18 Å². The first kappa shape index (κ1) is 17.9. The van der Waals surface area contributed by atoms with Crippen LogP contribution in [0.15, 0.2) is 35.7 Å². The maximum absolute atomic E-state index is 13.6. The minimum atomic E-state index is -4.57. The first-order valence-electron chi connectivity index (χ1n) is 7.88. The number of H-pyrrole nitrogens is 1. The van der Waals surface area contributed by atoms with Crippen molar-refractivity contribution in [1.82, 2.24) is 10.2 Å². The van der Waals surface area contributed by atoms with Gasteiger partial charge in [0.1, 0.15) is 11.6 Å². The standard InChI is InChI=1S/C18H17F3N4O/c1-17(2,3)14-13-12(9-6-4-5-7-11(9)18(19,20)21)10(8-22)15(23)26-16(13)25-24-14/h4-7,12H,23H2,1-3H3,(H,24,25)/t12-/m0/s1. The number of aromatic nitrogens is 2. The normalized spacial score (nSPS) is 17.5. The summed E-state index contributed by atoms with van der Waals surface area (Å²) in [6.07, 6.45) is -4.57. The molecule has 0 fully saturated rings. The van der Waals surface area contributed by atoms with E-state index in [1.807, 2.05) is 26.8 Å². The molecule has 0 amide bonds. The highest BCUT2D eigenvalue weighted by atomic mass is 19.4. The molecule has 136 valence electrons. The summed E-state index contributed by atoms with van der Waals surface area (Å²) in [6, 6.07) is 7.07. The van der Waals surface area contributed by atoms with Crippen LogP contribution in [0.5, 0.6) is 5.88 Å². The monoisotopic (exact) mass is 362 g/mol. The van der Waals surface area contributed by atoms with E-state index in [-0.39, 0.29) is 22.9 Å². The molecule has 0 spiro atoms. The number of hydrogen-bond acceptors (Lipinski definition) is 4. The molecule has 2 aromatic rings. The number of nitrogens with one attached hydrogen (secondary N) is 1. The van der Waals surface area contributed by atoms with Crippen molar-refractivity contribution in [2.24, 2.45) is 5.73 Å². The number of allylic oxidation sites excluding steroid dienone is 1. The molecule has 0 radical (unpaired) electrons. The molecule has 3 N–H and O–H groups in total. The Hall–Kier alpha value is -2.95. The van der Waals surface area contributed by atoms with Crippen molar-refractivity contribution in [2.75, 3.05) is 0 Å². The summed E-state index contributed by atoms with van der Waals surface area (Å²) in [7, 11) is 0. The lowest BCUT2D eigenvalue weighted by Crippen LogP contribution is -2.25. The van der Waals surface area contributed by atoms with Crippen molar-refractivity contribution in [3.63, 3.8) is 0 Å². The van der Waals surface area contributed by atoms with E-state index in [4.69, 9.17) is 10.5 Å². The fourth-order valence-electron chi connectivity index (χ4n) is 3.13. The number of benzene rings is 1. The minimum absolute atomic E-state index is 0.0593. The summed E-state index contributed by atoms with van der Waals surface area (Å²) >= 11 is 0. The predicted molar refractivity (Wildman–Crippen MR) is 88.0 cm³/mol. The maximum Gasteiger partial charge on any atom is 0.416 e. The smallest absolute Gasteiger partial charge is 0.416 e. The molecule has 2 heterocycles. The van der Waals surface area contributed by atoms with E-state index < -0.39 is 23.1 Å². The lowest BCUT2D eigenvalue weighted by atomic mass is 9.77. The average Bonchev–Trinajstić information content (AvgIpc) is 2.96. The molecular formula is C18H17F3N4O. The molecule has 0 unspecified atom stereocenters. The van der Waals surface area contributed by atoms with E-state index in [0.717, 1.165) is 6.07 Å². The molecule has 8 heteroatoms. The van der Waals surface area contributed by atoms with Gasteiger partial charge in [0.15, 0.2) is 0 Å². The van der Waals surface area contributed by atoms with Crippen molar-refractivity contribution < 1.29 is 17.9 Å². The van der Waals surface area contributed by atoms with Gasteiger partial charge in [0, 0.05) is 11.1 Å². The van der Waals surface area contributed by atoms with Gasteiger partial charge in [0.25, 0.3) is 0 Å². The van der Waals surface area contributed by atoms with Crippen molar-refractivity contribution in [1.29, 1.82) is 5.26 Å². The zero-order chi connectivity index (χ0) is 19.3. The van der Waals surface area contributed by atoms with Gasteiger partial charge in [0.2, 0.25) is 11.8 Å². The summed E-state index contributed by atoms with van der Waals surface area (Å²) < 4.78 is 46.1. The third-order valence-corrected chi connectivity index (χ3v) is 4.27. The summed E-state index contributed by atoms with van der Waals surface area (Å²) in [4.78, 5) is 0. The Bertz CT molecular complexity index is 929. The number of rotatable bonds is 1. The topological polar surface area (TPSA) is 87.7 Å². The number of nitrogens with two attached hydrogens (primary N) is 1. The molecule has 0 saturated heterocycles. The molecular weight excluding hydrogens is 345 g/mol. The Balaban J connectivity index is 2.35. The summed E-state index contributed by atoms with van der Waals surface area (Å²) in [5, 5.41) is 16.5. The van der Waals surface area contributed by atoms with E-state index in [1.165, 1.54) is 18.2 Å². The van der Waals surface area contributed by atoms with Crippen LogP contribution in [0.2, 0.25) is 0 Å². The second kappa shape index (κ2) is 5.80. The van der Waals surface area contributed by atoms with Gasteiger partial charge in [-0.15, -0.1) is 5.10 Å². The Kier molecular flexibility index (Phi) is 3.98. The van der Waals surface area contributed by atoms with Crippen LogP contribution in [0, 0.1) is 11.3 Å². The van der Waals surface area contributed by atoms with Crippen molar-refractivity contribution in [2.45, 2.75) is 38.3 Å². The van der Waals surface area contributed by atoms with Gasteiger partial charge in [-0.3, -0.25) is 5.10 Å². The van der Waals surface area contributed by atoms with Gasteiger partial charge in [-0.2, -0.15) is 18.4 Å². The summed E-state index contributed by atoms with van der Waals surface area (Å²) in [5.74, 6) is -1.17. The van der Waals surface area contributed by atoms with Gasteiger partial charge in [-0.05, 0) is 11.6 Å². The van der Waals surface area contributed by atoms with Crippen LogP contribution in [0.1, 0.15) is 49.1 Å². The van der Waals surface area contributed by atoms with Gasteiger partial charge in [0.05, 0.1) is 17.0 Å². The highest BCUT2D eigenvalue weighted by molar-refractivity contribution is 5.58. The lowest BCUT2D eigenvalue weighted by molar-refractivity contribution is -0.138. The Labute approximate surface area is 148 Å². The third-order valence-electron chi connectivity index (χ3n) is 4.27. The Morgan fingerprint density at radius 2 is 1.88 bits per heavy atom. The number of ether oxygens (including phenoxy) is 1. The van der Waals surface area contributed by atoms with Crippen molar-refractivity contribution in [3.05, 3.63) is 58.1 Å². The molecule has 1 aromatic carbocycles. The first-order valence-corrected chi connectivity index (χ1v) is 7.88. The van der Waals surface area contributed by atoms with Crippen LogP contribution in [0.4, 0.5) is 13.2 Å². The predicted octanol–water partition coefficient (Wildman–Crippen LogP) is 3.94. The summed E-state index contributed by atoms with van der Waals surface area (Å²) in [6.45, 7) is 5.67. The molecule has 0 bridgehead atoms. The number of aromatic amines is 1. The van der Waals surface area contributed by atoms with Crippen LogP contribution >= 0.6 is 0 Å². The second-order valence-electron chi connectivity index (χ2n) is 7.08. The van der Waals surface area contributed by atoms with E-state index >= 15 is 0 Å². The highest BCUT2D eigenvalue weighted by Crippen LogP contribution is 2.48. The second-order valence-corrected chi connectivity index (χ2v) is 7.08. The molecule has 0 aliphatic carbocycles. The van der Waals surface area contributed by atoms with E-state index in [9.17, 15) is 18.4 Å². The van der Waals surface area contributed by atoms with E-state index in [1.54, 1.807) is 0 Å². The molecule has 3 rings (SSSR count). The number of alkyl halides is 3. The Morgan fingerprint density at radius 1 is 1.23 bits per heavy atom. The summed E-state index contributed by atoms with van der Waals surface area (Å²) in [5.41, 5.74) is 5.40. The molecule has 1 aromatic heterocycles. The number of hydrogen-bond donors (Lipinski definition) is 2. The zero-order valence-corrected chi connectivity index (χ0v) is 14.4. The van der Waals surface area contributed by atoms with Crippen molar-refractivity contribution >= 4 is 0 Å². The maximum atomic E-state index is 13.6. The molecule has 1 atom stereocenters. The lowest BCUT2D eigenvalue weighted by Gasteiger charge is -2.28. The van der Waals surface area contributed by atoms with Gasteiger partial charge < -0.3 is 10.5 Å². The fraction of sp³-hybridized carbons (Fsp3) is 0.333. The number of halogens is 3. The number of nitriles is 1. The SMILES string of the molecule is CC(C)(C)c1[nH]nc2c1[C@@H](c1ccccc1C(F)(F)F)C(C#N)=C(N)O2. The van der Waals surface area contributed by atoms with E-state index in [2.05, 4.69) is 10.2 Å². The Morgan fingerprint density at radius 3 is 2.46 bits per heavy atom. The van der Waals surface area contributed by atoms with Crippen LogP contribution in [-0.4, -0.2) is 10.2 Å². The average molecular weight is 362 g/mol. The molecule has 1 aliphatic heterocycles. The highest BCUT2D eigenvalue weighted by Gasteiger charge is 2.42. The van der Waals surface area contributed by atoms with Crippen LogP contribution in [0.25, 0.3) is 0 Å². The molecule has 5 nitrogen and oxygen atoms in total. The fourth-order valence-corrected chi connectivity index (χ4v) is 3.13. The molecule has 26 heavy (non-hydrogen) atoms. The number of fused-ring (bicyclic) bond motifs is 1. The quantitative estimate of drug-likeness (QED) is 0.804. The zero-order valence-electron chi connectivity index (χ0n) is 14.4. The number of nitrogens with zero attached hydrogens (tertiary/aromatic N) is 2. The van der Waals surface area contributed by atoms with Crippen LogP contribution in [0.3, 0.4) is 0 Å². The molecule has 0 saturated carbocycles. The minimum Gasteiger partial charge on any atom is -0.420 e. The first-order chi connectivity index (χ1) is 12.1. The van der Waals surface area contributed by atoms with Gasteiger partial charge in [-0.1, -0.05) is 39.0 Å². The third kappa shape index (κ3) is 2.79.